The first kappa shape index (κ1) is 16.3. The molecule has 1 aliphatic rings. The van der Waals surface area contributed by atoms with Crippen molar-refractivity contribution in [3.63, 3.8) is 0 Å². The largest absolute Gasteiger partial charge is 0.334 e. The molecule has 0 atom stereocenters. The maximum Gasteiger partial charge on any atom is 0.319 e. The van der Waals surface area contributed by atoms with E-state index in [0.29, 0.717) is 32.6 Å². The van der Waals surface area contributed by atoms with Crippen LogP contribution in [-0.2, 0) is 11.3 Å². The molecule has 0 saturated carbocycles. The first-order chi connectivity index (χ1) is 10.3. The fourth-order valence-electron chi connectivity index (χ4n) is 2.76. The Morgan fingerprint density at radius 2 is 2.00 bits per heavy atom. The standard InChI is InChI=1S/C14H24N6O2/c1-14(2)11-18(13(22)17(3)4)9-10-20(14)12(21)5-7-19-8-6-15-16-19/h6,8H,5,7,9-11H2,1-4H3. The fourth-order valence-corrected chi connectivity index (χ4v) is 2.76. The lowest BCUT2D eigenvalue weighted by Crippen LogP contribution is -2.63. The zero-order valence-corrected chi connectivity index (χ0v) is 13.7. The van der Waals surface area contributed by atoms with E-state index >= 15 is 0 Å². The van der Waals surface area contributed by atoms with Gasteiger partial charge in [0, 0.05) is 46.3 Å². The molecule has 0 unspecified atom stereocenters. The van der Waals surface area contributed by atoms with Crippen molar-refractivity contribution in [3.05, 3.63) is 12.4 Å². The summed E-state index contributed by atoms with van der Waals surface area (Å²) in [5, 5.41) is 7.59. The molecule has 1 saturated heterocycles. The molecule has 0 aliphatic carbocycles. The van der Waals surface area contributed by atoms with E-state index < -0.39 is 0 Å². The number of carbonyl (C=O) groups excluding carboxylic acids is 2. The van der Waals surface area contributed by atoms with E-state index in [1.165, 1.54) is 0 Å². The molecule has 2 heterocycles. The molecular formula is C14H24N6O2. The summed E-state index contributed by atoms with van der Waals surface area (Å²) in [6.07, 6.45) is 3.72. The van der Waals surface area contributed by atoms with E-state index in [1.54, 1.807) is 41.0 Å². The van der Waals surface area contributed by atoms with Crippen molar-refractivity contribution >= 4 is 11.9 Å². The topological polar surface area (TPSA) is 74.6 Å². The smallest absolute Gasteiger partial charge is 0.319 e. The quantitative estimate of drug-likeness (QED) is 0.803. The number of urea groups is 1. The van der Waals surface area contributed by atoms with Gasteiger partial charge in [-0.2, -0.15) is 0 Å². The Balaban J connectivity index is 1.95. The van der Waals surface area contributed by atoms with E-state index in [2.05, 4.69) is 10.3 Å². The molecule has 0 aromatic carbocycles. The monoisotopic (exact) mass is 308 g/mol. The molecule has 122 valence electrons. The van der Waals surface area contributed by atoms with Crippen LogP contribution in [0.5, 0.6) is 0 Å². The molecular weight excluding hydrogens is 284 g/mol. The van der Waals surface area contributed by atoms with Gasteiger partial charge < -0.3 is 14.7 Å². The van der Waals surface area contributed by atoms with Gasteiger partial charge in [-0.05, 0) is 13.8 Å². The van der Waals surface area contributed by atoms with Crippen molar-refractivity contribution in [2.75, 3.05) is 33.7 Å². The average Bonchev–Trinajstić information content (AvgIpc) is 2.96. The Morgan fingerprint density at radius 1 is 1.27 bits per heavy atom. The van der Waals surface area contributed by atoms with Crippen LogP contribution >= 0.6 is 0 Å². The number of piperazine rings is 1. The summed E-state index contributed by atoms with van der Waals surface area (Å²) in [7, 11) is 3.48. The molecule has 8 heteroatoms. The molecule has 0 radical (unpaired) electrons. The van der Waals surface area contributed by atoms with Gasteiger partial charge in [0.05, 0.1) is 18.3 Å². The maximum absolute atomic E-state index is 12.5. The number of aromatic nitrogens is 3. The van der Waals surface area contributed by atoms with E-state index in [4.69, 9.17) is 0 Å². The second kappa shape index (κ2) is 6.33. The highest BCUT2D eigenvalue weighted by atomic mass is 16.2. The Kier molecular flexibility index (Phi) is 4.68. The molecule has 3 amide bonds. The summed E-state index contributed by atoms with van der Waals surface area (Å²) in [5.41, 5.74) is -0.372. The van der Waals surface area contributed by atoms with Crippen LogP contribution < -0.4 is 0 Å². The molecule has 1 aliphatic heterocycles. The minimum atomic E-state index is -0.372. The second-order valence-electron chi connectivity index (χ2n) is 6.37. The lowest BCUT2D eigenvalue weighted by atomic mass is 9.98. The molecule has 0 spiro atoms. The molecule has 1 fully saturated rings. The lowest BCUT2D eigenvalue weighted by Gasteiger charge is -2.47. The van der Waals surface area contributed by atoms with Crippen LogP contribution in [0.3, 0.4) is 0 Å². The van der Waals surface area contributed by atoms with Gasteiger partial charge in [-0.1, -0.05) is 5.21 Å². The number of rotatable bonds is 3. The number of hydrogen-bond donors (Lipinski definition) is 0. The van der Waals surface area contributed by atoms with Crippen molar-refractivity contribution < 1.29 is 9.59 Å². The Bertz CT molecular complexity index is 525. The van der Waals surface area contributed by atoms with Gasteiger partial charge in [0.1, 0.15) is 0 Å². The number of amides is 3. The van der Waals surface area contributed by atoms with E-state index in [1.807, 2.05) is 18.7 Å². The number of hydrogen-bond acceptors (Lipinski definition) is 4. The minimum Gasteiger partial charge on any atom is -0.334 e. The van der Waals surface area contributed by atoms with Gasteiger partial charge in [0.15, 0.2) is 0 Å². The summed E-state index contributed by atoms with van der Waals surface area (Å²) in [4.78, 5) is 29.8. The van der Waals surface area contributed by atoms with Crippen LogP contribution in [-0.4, -0.2) is 80.9 Å². The zero-order chi connectivity index (χ0) is 16.3. The molecule has 1 aromatic rings. The highest BCUT2D eigenvalue weighted by Gasteiger charge is 2.38. The average molecular weight is 308 g/mol. The number of aryl methyl sites for hydroxylation is 1. The SMILES string of the molecule is CN(C)C(=O)N1CCN(C(=O)CCn2ccnn2)C(C)(C)C1. The third-order valence-electron chi connectivity index (χ3n) is 3.88. The van der Waals surface area contributed by atoms with Crippen molar-refractivity contribution in [1.29, 1.82) is 0 Å². The van der Waals surface area contributed by atoms with Gasteiger partial charge in [0.25, 0.3) is 0 Å². The molecule has 2 rings (SSSR count). The molecule has 1 aromatic heterocycles. The summed E-state index contributed by atoms with van der Waals surface area (Å²) >= 11 is 0. The van der Waals surface area contributed by atoms with E-state index in [-0.39, 0.29) is 17.5 Å². The van der Waals surface area contributed by atoms with Gasteiger partial charge in [-0.15, -0.1) is 5.10 Å². The minimum absolute atomic E-state index is 0.0113. The normalized spacial score (nSPS) is 17.5. The van der Waals surface area contributed by atoms with Crippen molar-refractivity contribution in [2.45, 2.75) is 32.4 Å². The van der Waals surface area contributed by atoms with Crippen LogP contribution in [0.1, 0.15) is 20.3 Å². The lowest BCUT2D eigenvalue weighted by molar-refractivity contribution is -0.140. The van der Waals surface area contributed by atoms with Crippen LogP contribution in [0, 0.1) is 0 Å². The van der Waals surface area contributed by atoms with Crippen LogP contribution in [0.25, 0.3) is 0 Å². The van der Waals surface area contributed by atoms with E-state index in [0.717, 1.165) is 0 Å². The number of nitrogens with zero attached hydrogens (tertiary/aromatic N) is 6. The first-order valence-corrected chi connectivity index (χ1v) is 7.42. The van der Waals surface area contributed by atoms with Gasteiger partial charge >= 0.3 is 6.03 Å². The third-order valence-corrected chi connectivity index (χ3v) is 3.88. The van der Waals surface area contributed by atoms with Crippen LogP contribution in [0.2, 0.25) is 0 Å². The predicted octanol–water partition coefficient (Wildman–Crippen LogP) is 0.273. The fraction of sp³-hybridized carbons (Fsp3) is 0.714. The summed E-state index contributed by atoms with van der Waals surface area (Å²) in [6, 6.07) is -0.0113. The number of carbonyl (C=O) groups is 2. The molecule has 0 bridgehead atoms. The highest BCUT2D eigenvalue weighted by Crippen LogP contribution is 2.22. The first-order valence-electron chi connectivity index (χ1n) is 7.42. The predicted molar refractivity (Wildman–Crippen MR) is 81.1 cm³/mol. The van der Waals surface area contributed by atoms with Crippen LogP contribution in [0.4, 0.5) is 4.79 Å². The van der Waals surface area contributed by atoms with Crippen molar-refractivity contribution in [3.8, 4) is 0 Å². The Hall–Kier alpha value is -2.12. The summed E-state index contributed by atoms with van der Waals surface area (Å²) in [5.74, 6) is 0.0810. The Labute approximate surface area is 130 Å². The summed E-state index contributed by atoms with van der Waals surface area (Å²) in [6.45, 7) is 6.17. The van der Waals surface area contributed by atoms with Crippen molar-refractivity contribution in [1.82, 2.24) is 29.7 Å². The van der Waals surface area contributed by atoms with Gasteiger partial charge in [0.2, 0.25) is 5.91 Å². The van der Waals surface area contributed by atoms with E-state index in [9.17, 15) is 9.59 Å². The maximum atomic E-state index is 12.5. The molecule has 8 nitrogen and oxygen atoms in total. The zero-order valence-electron chi connectivity index (χ0n) is 13.7. The van der Waals surface area contributed by atoms with Gasteiger partial charge in [-0.3, -0.25) is 9.48 Å². The van der Waals surface area contributed by atoms with Crippen molar-refractivity contribution in [2.24, 2.45) is 0 Å². The molecule has 22 heavy (non-hydrogen) atoms. The third kappa shape index (κ3) is 3.55. The molecule has 0 N–H and O–H groups in total. The highest BCUT2D eigenvalue weighted by molar-refractivity contribution is 5.78. The van der Waals surface area contributed by atoms with Crippen LogP contribution in [0.15, 0.2) is 12.4 Å². The second-order valence-corrected chi connectivity index (χ2v) is 6.37. The Morgan fingerprint density at radius 3 is 2.55 bits per heavy atom. The summed E-state index contributed by atoms with van der Waals surface area (Å²) < 4.78 is 1.65. The van der Waals surface area contributed by atoms with Gasteiger partial charge in [-0.25, -0.2) is 4.79 Å².